The van der Waals surface area contributed by atoms with Gasteiger partial charge >= 0.3 is 0 Å². The fourth-order valence-corrected chi connectivity index (χ4v) is 3.39. The van der Waals surface area contributed by atoms with Gasteiger partial charge in [-0.25, -0.2) is 8.42 Å². The zero-order valence-corrected chi connectivity index (χ0v) is 13.5. The number of aryl methyl sites for hydroxylation is 1. The highest BCUT2D eigenvalue weighted by molar-refractivity contribution is 7.92. The van der Waals surface area contributed by atoms with Crippen LogP contribution in [0.15, 0.2) is 0 Å². The first-order valence-electron chi connectivity index (χ1n) is 6.40. The van der Waals surface area contributed by atoms with Crippen LogP contribution in [0, 0.1) is 13.8 Å². The zero-order valence-electron chi connectivity index (χ0n) is 11.9. The molecule has 7 heteroatoms. The molecule has 0 atom stereocenters. The topological polar surface area (TPSA) is 64.0 Å². The summed E-state index contributed by atoms with van der Waals surface area (Å²) in [7, 11) is -3.33. The van der Waals surface area contributed by atoms with Crippen LogP contribution in [0.2, 0.25) is 0 Å². The van der Waals surface area contributed by atoms with E-state index in [9.17, 15) is 8.42 Å². The van der Waals surface area contributed by atoms with E-state index in [4.69, 9.17) is 11.6 Å². The van der Waals surface area contributed by atoms with E-state index in [2.05, 4.69) is 9.82 Å². The van der Waals surface area contributed by atoms with Gasteiger partial charge in [-0.3, -0.25) is 9.40 Å². The number of sulfonamides is 1. The maximum Gasteiger partial charge on any atom is 0.232 e. The minimum Gasteiger partial charge on any atom is -0.280 e. The predicted molar refractivity (Wildman–Crippen MR) is 79.4 cm³/mol. The number of alkyl halides is 1. The standard InChI is InChI=1S/C12H22ClN3O2S/c1-9(2)16-11(4)12(10(3)14-16)15-19(17,18)8-6-5-7-13/h9,15H,5-8H2,1-4H3. The van der Waals surface area contributed by atoms with Crippen LogP contribution in [-0.2, 0) is 10.0 Å². The van der Waals surface area contributed by atoms with Gasteiger partial charge in [0.05, 0.1) is 22.8 Å². The SMILES string of the molecule is Cc1nn(C(C)C)c(C)c1NS(=O)(=O)CCCCCl. The molecule has 110 valence electrons. The highest BCUT2D eigenvalue weighted by Gasteiger charge is 2.18. The minimum absolute atomic E-state index is 0.0887. The molecule has 0 aliphatic rings. The molecule has 1 aromatic rings. The zero-order chi connectivity index (χ0) is 14.6. The van der Waals surface area contributed by atoms with Crippen molar-refractivity contribution in [1.82, 2.24) is 9.78 Å². The summed E-state index contributed by atoms with van der Waals surface area (Å²) in [6, 6.07) is 0.202. The molecule has 1 heterocycles. The van der Waals surface area contributed by atoms with E-state index in [0.717, 1.165) is 5.69 Å². The lowest BCUT2D eigenvalue weighted by atomic mass is 10.3. The Bertz CT molecular complexity index is 523. The highest BCUT2D eigenvalue weighted by Crippen LogP contribution is 2.23. The van der Waals surface area contributed by atoms with Crippen LogP contribution < -0.4 is 4.72 Å². The van der Waals surface area contributed by atoms with Crippen molar-refractivity contribution in [2.24, 2.45) is 0 Å². The number of halogens is 1. The molecular weight excluding hydrogens is 286 g/mol. The number of unbranched alkanes of at least 4 members (excludes halogenated alkanes) is 1. The van der Waals surface area contributed by atoms with E-state index >= 15 is 0 Å². The van der Waals surface area contributed by atoms with Gasteiger partial charge in [0.2, 0.25) is 10.0 Å². The van der Waals surface area contributed by atoms with E-state index in [-0.39, 0.29) is 11.8 Å². The van der Waals surface area contributed by atoms with Crippen LogP contribution in [0.3, 0.4) is 0 Å². The van der Waals surface area contributed by atoms with E-state index in [1.165, 1.54) is 0 Å². The molecule has 19 heavy (non-hydrogen) atoms. The number of anilines is 1. The van der Waals surface area contributed by atoms with Gasteiger partial charge in [0.25, 0.3) is 0 Å². The average molecular weight is 308 g/mol. The molecule has 0 bridgehead atoms. The lowest BCUT2D eigenvalue weighted by molar-refractivity contribution is 0.516. The summed E-state index contributed by atoms with van der Waals surface area (Å²) >= 11 is 5.55. The lowest BCUT2D eigenvalue weighted by Gasteiger charge is -2.10. The number of nitrogens with one attached hydrogen (secondary N) is 1. The summed E-state index contributed by atoms with van der Waals surface area (Å²) in [5.41, 5.74) is 2.14. The van der Waals surface area contributed by atoms with Crippen LogP contribution >= 0.6 is 11.6 Å². The second kappa shape index (κ2) is 6.61. The quantitative estimate of drug-likeness (QED) is 0.622. The van der Waals surface area contributed by atoms with Gasteiger partial charge in [0.1, 0.15) is 0 Å². The number of hydrogen-bond donors (Lipinski definition) is 1. The average Bonchev–Trinajstić information content (AvgIpc) is 2.57. The monoisotopic (exact) mass is 307 g/mol. The van der Waals surface area contributed by atoms with Crippen molar-refractivity contribution >= 4 is 27.3 Å². The highest BCUT2D eigenvalue weighted by atomic mass is 35.5. The van der Waals surface area contributed by atoms with E-state index in [0.29, 0.717) is 30.1 Å². The van der Waals surface area contributed by atoms with Crippen LogP contribution in [0.25, 0.3) is 0 Å². The summed E-state index contributed by atoms with van der Waals surface area (Å²) in [4.78, 5) is 0. The molecule has 0 radical (unpaired) electrons. The fourth-order valence-electron chi connectivity index (χ4n) is 1.91. The smallest absolute Gasteiger partial charge is 0.232 e. The van der Waals surface area contributed by atoms with E-state index < -0.39 is 10.0 Å². The Morgan fingerprint density at radius 3 is 2.42 bits per heavy atom. The largest absolute Gasteiger partial charge is 0.280 e. The Labute approximate surface area is 120 Å². The molecule has 0 aliphatic carbocycles. The molecule has 1 rings (SSSR count). The van der Waals surface area contributed by atoms with Crippen molar-refractivity contribution in [2.75, 3.05) is 16.4 Å². The predicted octanol–water partition coefficient (Wildman–Crippen LogP) is 2.84. The van der Waals surface area contributed by atoms with Gasteiger partial charge in [-0.1, -0.05) is 0 Å². The third-order valence-corrected chi connectivity index (χ3v) is 4.48. The van der Waals surface area contributed by atoms with Crippen molar-refractivity contribution in [2.45, 2.75) is 46.6 Å². The molecule has 1 N–H and O–H groups in total. The Balaban J connectivity index is 2.88. The number of hydrogen-bond acceptors (Lipinski definition) is 3. The molecule has 0 amide bonds. The van der Waals surface area contributed by atoms with Gasteiger partial charge in [-0.15, -0.1) is 11.6 Å². The van der Waals surface area contributed by atoms with Crippen molar-refractivity contribution in [3.63, 3.8) is 0 Å². The minimum atomic E-state index is -3.33. The first kappa shape index (κ1) is 16.3. The molecule has 0 saturated carbocycles. The van der Waals surface area contributed by atoms with E-state index in [1.807, 2.05) is 32.4 Å². The molecule has 0 aromatic carbocycles. The number of rotatable bonds is 7. The van der Waals surface area contributed by atoms with Gasteiger partial charge < -0.3 is 0 Å². The lowest BCUT2D eigenvalue weighted by Crippen LogP contribution is -2.18. The Kier molecular flexibility index (Phi) is 5.67. The Hall–Kier alpha value is -0.750. The van der Waals surface area contributed by atoms with Crippen molar-refractivity contribution < 1.29 is 8.42 Å². The van der Waals surface area contributed by atoms with Gasteiger partial charge in [-0.2, -0.15) is 5.10 Å². The molecule has 1 aromatic heterocycles. The Morgan fingerprint density at radius 1 is 1.32 bits per heavy atom. The maximum atomic E-state index is 12.0. The molecule has 0 aliphatic heterocycles. The van der Waals surface area contributed by atoms with E-state index in [1.54, 1.807) is 0 Å². The first-order valence-corrected chi connectivity index (χ1v) is 8.59. The second-order valence-corrected chi connectivity index (χ2v) is 7.12. The summed E-state index contributed by atoms with van der Waals surface area (Å²) in [6.45, 7) is 7.70. The van der Waals surface area contributed by atoms with Gasteiger partial charge in [0, 0.05) is 11.9 Å². The van der Waals surface area contributed by atoms with Crippen LogP contribution in [0.5, 0.6) is 0 Å². The summed E-state index contributed by atoms with van der Waals surface area (Å²) < 4.78 is 28.4. The third-order valence-electron chi connectivity index (χ3n) is 2.87. The normalized spacial score (nSPS) is 12.1. The second-order valence-electron chi connectivity index (χ2n) is 4.90. The number of nitrogens with zero attached hydrogens (tertiary/aromatic N) is 2. The molecular formula is C12H22ClN3O2S. The maximum absolute atomic E-state index is 12.0. The summed E-state index contributed by atoms with van der Waals surface area (Å²) in [5.74, 6) is 0.574. The summed E-state index contributed by atoms with van der Waals surface area (Å²) in [5, 5.41) is 4.36. The van der Waals surface area contributed by atoms with Crippen molar-refractivity contribution in [3.8, 4) is 0 Å². The molecule has 0 spiro atoms. The van der Waals surface area contributed by atoms with Crippen molar-refractivity contribution in [1.29, 1.82) is 0 Å². The Morgan fingerprint density at radius 2 is 1.95 bits per heavy atom. The molecule has 5 nitrogen and oxygen atoms in total. The fraction of sp³-hybridized carbons (Fsp3) is 0.750. The van der Waals surface area contributed by atoms with Crippen LogP contribution in [0.4, 0.5) is 5.69 Å². The molecule has 0 saturated heterocycles. The molecule has 0 unspecified atom stereocenters. The van der Waals surface area contributed by atoms with Gasteiger partial charge in [-0.05, 0) is 40.5 Å². The first-order chi connectivity index (χ1) is 8.78. The summed E-state index contributed by atoms with van der Waals surface area (Å²) in [6.07, 6.45) is 1.26. The van der Waals surface area contributed by atoms with Crippen molar-refractivity contribution in [3.05, 3.63) is 11.4 Å². The van der Waals surface area contributed by atoms with Gasteiger partial charge in [0.15, 0.2) is 0 Å². The third kappa shape index (κ3) is 4.38. The molecule has 0 fully saturated rings. The van der Waals surface area contributed by atoms with Crippen LogP contribution in [0.1, 0.15) is 44.1 Å². The number of aromatic nitrogens is 2. The van der Waals surface area contributed by atoms with Crippen LogP contribution in [-0.4, -0.2) is 29.8 Å².